The molecule has 1 rings (SSSR count). The van der Waals surface area contributed by atoms with Gasteiger partial charge >= 0.3 is 0 Å². The van der Waals surface area contributed by atoms with Crippen LogP contribution in [-0.2, 0) is 10.1 Å². The molecule has 3 nitrogen and oxygen atoms in total. The molecule has 0 bridgehead atoms. The molecule has 0 aliphatic rings. The van der Waals surface area contributed by atoms with Gasteiger partial charge < -0.3 is 0 Å². The lowest BCUT2D eigenvalue weighted by atomic mass is 9.66. The molecule has 0 aliphatic carbocycles. The van der Waals surface area contributed by atoms with Crippen LogP contribution in [0, 0.1) is 10.8 Å². The summed E-state index contributed by atoms with van der Waals surface area (Å²) in [5.41, 5.74) is 1.24. The molecular formula is C17H28O3S. The topological polar surface area (TPSA) is 54.4 Å². The Morgan fingerprint density at radius 1 is 1.05 bits per heavy atom. The Morgan fingerprint density at radius 2 is 1.57 bits per heavy atom. The van der Waals surface area contributed by atoms with Crippen molar-refractivity contribution in [3.05, 3.63) is 35.9 Å². The van der Waals surface area contributed by atoms with Gasteiger partial charge in [0.25, 0.3) is 10.1 Å². The third-order valence-electron chi connectivity index (χ3n) is 3.80. The lowest BCUT2D eigenvalue weighted by Crippen LogP contribution is -2.29. The molecule has 1 atom stereocenters. The Balaban J connectivity index is 3.07. The largest absolute Gasteiger partial charge is 0.286 e. The summed E-state index contributed by atoms with van der Waals surface area (Å²) in [5, 5.41) is 0. The molecule has 1 aromatic rings. The van der Waals surface area contributed by atoms with Crippen molar-refractivity contribution >= 4 is 10.1 Å². The van der Waals surface area contributed by atoms with E-state index >= 15 is 0 Å². The van der Waals surface area contributed by atoms with Crippen molar-refractivity contribution in [1.82, 2.24) is 0 Å². The van der Waals surface area contributed by atoms with Crippen molar-refractivity contribution in [3.8, 4) is 0 Å². The van der Waals surface area contributed by atoms with E-state index in [1.54, 1.807) is 0 Å². The fraction of sp³-hybridized carbons (Fsp3) is 0.647. The Morgan fingerprint density at radius 3 is 2.00 bits per heavy atom. The molecule has 1 unspecified atom stereocenters. The van der Waals surface area contributed by atoms with Crippen LogP contribution in [0.5, 0.6) is 0 Å². The number of hydrogen-bond donors (Lipinski definition) is 1. The van der Waals surface area contributed by atoms with Crippen molar-refractivity contribution in [2.24, 2.45) is 10.8 Å². The SMILES string of the molecule is CC(C)(C)CC(C)(C)C(CCS(=O)(=O)O)c1ccccc1. The minimum atomic E-state index is -3.93. The molecule has 21 heavy (non-hydrogen) atoms. The average molecular weight is 312 g/mol. The van der Waals surface area contributed by atoms with E-state index in [1.807, 2.05) is 30.3 Å². The van der Waals surface area contributed by atoms with Crippen LogP contribution in [-0.4, -0.2) is 18.7 Å². The zero-order chi connectivity index (χ0) is 16.3. The summed E-state index contributed by atoms with van der Waals surface area (Å²) in [7, 11) is -3.93. The highest BCUT2D eigenvalue weighted by Crippen LogP contribution is 2.45. The van der Waals surface area contributed by atoms with Gasteiger partial charge in [-0.3, -0.25) is 4.55 Å². The van der Waals surface area contributed by atoms with E-state index in [9.17, 15) is 8.42 Å². The van der Waals surface area contributed by atoms with Gasteiger partial charge in [-0.25, -0.2) is 0 Å². The molecule has 0 radical (unpaired) electrons. The highest BCUT2D eigenvalue weighted by molar-refractivity contribution is 7.85. The second-order valence-corrected chi connectivity index (χ2v) is 9.34. The summed E-state index contributed by atoms with van der Waals surface area (Å²) in [6, 6.07) is 9.99. The third kappa shape index (κ3) is 6.62. The van der Waals surface area contributed by atoms with Crippen LogP contribution in [0.3, 0.4) is 0 Å². The molecular weight excluding hydrogens is 284 g/mol. The van der Waals surface area contributed by atoms with E-state index in [2.05, 4.69) is 34.6 Å². The maximum Gasteiger partial charge on any atom is 0.264 e. The molecule has 4 heteroatoms. The first kappa shape index (κ1) is 18.2. The molecule has 1 N–H and O–H groups in total. The molecule has 1 aromatic carbocycles. The zero-order valence-electron chi connectivity index (χ0n) is 13.8. The Bertz CT molecular complexity index is 539. The highest BCUT2D eigenvalue weighted by atomic mass is 32.2. The van der Waals surface area contributed by atoms with E-state index in [0.717, 1.165) is 12.0 Å². The summed E-state index contributed by atoms with van der Waals surface area (Å²) in [5.74, 6) is -0.0972. The van der Waals surface area contributed by atoms with Gasteiger partial charge in [-0.05, 0) is 35.2 Å². The Hall–Kier alpha value is -0.870. The van der Waals surface area contributed by atoms with Gasteiger partial charge in [0, 0.05) is 0 Å². The van der Waals surface area contributed by atoms with E-state index in [-0.39, 0.29) is 22.5 Å². The zero-order valence-corrected chi connectivity index (χ0v) is 14.6. The van der Waals surface area contributed by atoms with Gasteiger partial charge in [-0.1, -0.05) is 65.0 Å². The molecule has 120 valence electrons. The summed E-state index contributed by atoms with van der Waals surface area (Å²) in [4.78, 5) is 0. The maximum atomic E-state index is 11.1. The van der Waals surface area contributed by atoms with E-state index in [1.165, 1.54) is 0 Å². The molecule has 0 saturated carbocycles. The summed E-state index contributed by atoms with van der Waals surface area (Å²) in [6.45, 7) is 10.9. The van der Waals surface area contributed by atoms with Gasteiger partial charge in [0.2, 0.25) is 0 Å². The number of rotatable bonds is 6. The quantitative estimate of drug-likeness (QED) is 0.786. The predicted octanol–water partition coefficient (Wildman–Crippen LogP) is 4.51. The first-order chi connectivity index (χ1) is 9.41. The molecule has 0 spiro atoms. The Labute approximate surface area is 129 Å². The second-order valence-electron chi connectivity index (χ2n) is 7.76. The maximum absolute atomic E-state index is 11.1. The van der Waals surface area contributed by atoms with Gasteiger partial charge in [-0.15, -0.1) is 0 Å². The molecule has 0 heterocycles. The van der Waals surface area contributed by atoms with Crippen molar-refractivity contribution in [2.45, 2.75) is 53.4 Å². The van der Waals surface area contributed by atoms with Crippen LogP contribution >= 0.6 is 0 Å². The minimum Gasteiger partial charge on any atom is -0.286 e. The summed E-state index contributed by atoms with van der Waals surface area (Å²) >= 11 is 0. The first-order valence-corrected chi connectivity index (χ1v) is 9.02. The van der Waals surface area contributed by atoms with Gasteiger partial charge in [-0.2, -0.15) is 8.42 Å². The van der Waals surface area contributed by atoms with Crippen LogP contribution in [0.1, 0.15) is 58.9 Å². The molecule has 0 aliphatic heterocycles. The summed E-state index contributed by atoms with van der Waals surface area (Å²) in [6.07, 6.45) is 1.41. The second kappa shape index (κ2) is 6.49. The van der Waals surface area contributed by atoms with Crippen molar-refractivity contribution < 1.29 is 13.0 Å². The average Bonchev–Trinajstić information content (AvgIpc) is 2.25. The molecule has 0 amide bonds. The predicted molar refractivity (Wildman–Crippen MR) is 88.1 cm³/mol. The standard InChI is InChI=1S/C17H28O3S/c1-16(2,3)13-17(4,5)15(11-12-21(18,19)20)14-9-7-6-8-10-14/h6-10,15H,11-13H2,1-5H3,(H,18,19,20). The fourth-order valence-corrected chi connectivity index (χ4v) is 3.98. The number of hydrogen-bond acceptors (Lipinski definition) is 2. The monoisotopic (exact) mass is 312 g/mol. The van der Waals surface area contributed by atoms with Crippen LogP contribution in [0.2, 0.25) is 0 Å². The van der Waals surface area contributed by atoms with Crippen LogP contribution in [0.4, 0.5) is 0 Å². The van der Waals surface area contributed by atoms with Crippen LogP contribution < -0.4 is 0 Å². The van der Waals surface area contributed by atoms with E-state index in [0.29, 0.717) is 6.42 Å². The molecule has 0 aromatic heterocycles. The summed E-state index contributed by atoms with van der Waals surface area (Å²) < 4.78 is 31.4. The van der Waals surface area contributed by atoms with Gasteiger partial charge in [0.1, 0.15) is 0 Å². The van der Waals surface area contributed by atoms with Crippen molar-refractivity contribution in [2.75, 3.05) is 5.75 Å². The first-order valence-electron chi connectivity index (χ1n) is 7.41. The molecule has 0 saturated heterocycles. The Kier molecular flexibility index (Phi) is 5.62. The highest BCUT2D eigenvalue weighted by Gasteiger charge is 2.34. The molecule has 0 fully saturated rings. The van der Waals surface area contributed by atoms with E-state index in [4.69, 9.17) is 4.55 Å². The van der Waals surface area contributed by atoms with Crippen LogP contribution in [0.25, 0.3) is 0 Å². The van der Waals surface area contributed by atoms with Crippen molar-refractivity contribution in [1.29, 1.82) is 0 Å². The normalized spacial score (nSPS) is 15.0. The minimum absolute atomic E-state index is 0.0513. The van der Waals surface area contributed by atoms with Gasteiger partial charge in [0.15, 0.2) is 0 Å². The van der Waals surface area contributed by atoms with Gasteiger partial charge in [0.05, 0.1) is 5.75 Å². The number of benzene rings is 1. The fourth-order valence-electron chi connectivity index (χ4n) is 3.45. The van der Waals surface area contributed by atoms with E-state index < -0.39 is 10.1 Å². The lowest BCUT2D eigenvalue weighted by Gasteiger charge is -2.39. The smallest absolute Gasteiger partial charge is 0.264 e. The van der Waals surface area contributed by atoms with Crippen molar-refractivity contribution in [3.63, 3.8) is 0 Å². The van der Waals surface area contributed by atoms with Crippen LogP contribution in [0.15, 0.2) is 30.3 Å². The lowest BCUT2D eigenvalue weighted by molar-refractivity contribution is 0.170. The third-order valence-corrected chi connectivity index (χ3v) is 4.55.